The second-order valence-electron chi connectivity index (χ2n) is 6.75. The Hall–Kier alpha value is -1.39. The van der Waals surface area contributed by atoms with Gasteiger partial charge >= 0.3 is 0 Å². The fraction of sp³-hybridized carbons (Fsp3) is 0.611. The molecule has 2 N–H and O–H groups in total. The Morgan fingerprint density at radius 3 is 2.91 bits per heavy atom. The largest absolute Gasteiger partial charge is 0.350 e. The Morgan fingerprint density at radius 1 is 1.36 bits per heavy atom. The summed E-state index contributed by atoms with van der Waals surface area (Å²) in [6, 6.07) is 8.76. The number of carbonyl (C=O) groups excluding carboxylic acids is 1. The van der Waals surface area contributed by atoms with Crippen LogP contribution in [-0.4, -0.2) is 42.5 Å². The fourth-order valence-electron chi connectivity index (χ4n) is 3.50. The maximum absolute atomic E-state index is 12.6. The van der Waals surface area contributed by atoms with Crippen LogP contribution in [0.1, 0.15) is 31.4 Å². The summed E-state index contributed by atoms with van der Waals surface area (Å²) in [5.74, 6) is 0.722. The van der Waals surface area contributed by atoms with Crippen LogP contribution in [0.4, 0.5) is 0 Å². The van der Waals surface area contributed by atoms with Crippen molar-refractivity contribution in [3.05, 3.63) is 35.4 Å². The summed E-state index contributed by atoms with van der Waals surface area (Å²) in [6.07, 6.45) is 2.17. The van der Waals surface area contributed by atoms with Gasteiger partial charge in [0.25, 0.3) is 0 Å². The molecule has 1 aromatic rings. The van der Waals surface area contributed by atoms with Gasteiger partial charge in [0.2, 0.25) is 5.91 Å². The zero-order valence-electron chi connectivity index (χ0n) is 13.6. The molecule has 1 aromatic carbocycles. The molecule has 0 saturated carbocycles. The predicted octanol–water partition coefficient (Wildman–Crippen LogP) is 1.55. The van der Waals surface area contributed by atoms with Gasteiger partial charge in [0, 0.05) is 25.7 Å². The van der Waals surface area contributed by atoms with Crippen LogP contribution >= 0.6 is 0 Å². The molecule has 0 aromatic heterocycles. The molecule has 1 saturated heterocycles. The number of benzene rings is 1. The molecule has 22 heavy (non-hydrogen) atoms. The molecule has 0 aliphatic carbocycles. The van der Waals surface area contributed by atoms with Gasteiger partial charge in [-0.25, -0.2) is 0 Å². The van der Waals surface area contributed by atoms with E-state index in [1.165, 1.54) is 11.1 Å². The molecule has 0 bridgehead atoms. The minimum Gasteiger partial charge on any atom is -0.350 e. The van der Waals surface area contributed by atoms with Crippen LogP contribution in [0, 0.1) is 5.92 Å². The maximum atomic E-state index is 12.6. The first kappa shape index (κ1) is 15.5. The van der Waals surface area contributed by atoms with Crippen LogP contribution in [0.2, 0.25) is 0 Å². The van der Waals surface area contributed by atoms with Crippen LogP contribution in [0.5, 0.6) is 0 Å². The van der Waals surface area contributed by atoms with E-state index in [4.69, 9.17) is 0 Å². The Bertz CT molecular complexity index is 531. The van der Waals surface area contributed by atoms with Crippen molar-refractivity contribution in [2.24, 2.45) is 5.92 Å². The van der Waals surface area contributed by atoms with Gasteiger partial charge < -0.3 is 10.6 Å². The van der Waals surface area contributed by atoms with Crippen molar-refractivity contribution in [1.29, 1.82) is 0 Å². The number of nitrogens with zero attached hydrogens (tertiary/aromatic N) is 1. The van der Waals surface area contributed by atoms with E-state index in [-0.39, 0.29) is 18.0 Å². The van der Waals surface area contributed by atoms with Gasteiger partial charge in [0.15, 0.2) is 0 Å². The highest BCUT2D eigenvalue weighted by Gasteiger charge is 2.28. The molecule has 1 fully saturated rings. The third-order valence-corrected chi connectivity index (χ3v) is 5.24. The number of carbonyl (C=O) groups is 1. The van der Waals surface area contributed by atoms with Gasteiger partial charge in [-0.1, -0.05) is 31.2 Å². The zero-order chi connectivity index (χ0) is 15.5. The van der Waals surface area contributed by atoms with Crippen molar-refractivity contribution >= 4 is 5.91 Å². The summed E-state index contributed by atoms with van der Waals surface area (Å²) in [5.41, 5.74) is 2.79. The lowest BCUT2D eigenvalue weighted by atomic mass is 9.94. The van der Waals surface area contributed by atoms with Gasteiger partial charge in [-0.15, -0.1) is 0 Å². The first-order chi connectivity index (χ1) is 10.6. The van der Waals surface area contributed by atoms with Crippen molar-refractivity contribution in [3.8, 4) is 0 Å². The summed E-state index contributed by atoms with van der Waals surface area (Å²) >= 11 is 0. The Kier molecular flexibility index (Phi) is 4.79. The molecular weight excluding hydrogens is 274 g/mol. The lowest BCUT2D eigenvalue weighted by Crippen LogP contribution is -2.55. The monoisotopic (exact) mass is 301 g/mol. The second kappa shape index (κ2) is 6.80. The average molecular weight is 301 g/mol. The standard InChI is InChI=1S/C18H27N3O/c1-13-7-9-19-11-17(13)20-18(22)14(2)21-10-8-15-5-3-4-6-16(15)12-21/h3-6,13-14,17,19H,7-12H2,1-2H3,(H,20,22). The Balaban J connectivity index is 1.59. The molecule has 1 amide bonds. The fourth-order valence-corrected chi connectivity index (χ4v) is 3.50. The van der Waals surface area contributed by atoms with Gasteiger partial charge in [0.1, 0.15) is 0 Å². The smallest absolute Gasteiger partial charge is 0.237 e. The summed E-state index contributed by atoms with van der Waals surface area (Å²) in [4.78, 5) is 14.9. The summed E-state index contributed by atoms with van der Waals surface area (Å²) in [7, 11) is 0. The summed E-state index contributed by atoms with van der Waals surface area (Å²) in [5, 5.41) is 6.62. The average Bonchev–Trinajstić information content (AvgIpc) is 2.55. The third-order valence-electron chi connectivity index (χ3n) is 5.24. The highest BCUT2D eigenvalue weighted by atomic mass is 16.2. The number of fused-ring (bicyclic) bond motifs is 1. The number of nitrogens with one attached hydrogen (secondary N) is 2. The number of amides is 1. The van der Waals surface area contributed by atoms with Crippen LogP contribution < -0.4 is 10.6 Å². The molecule has 0 spiro atoms. The van der Waals surface area contributed by atoms with Crippen molar-refractivity contribution in [2.45, 2.75) is 45.3 Å². The van der Waals surface area contributed by atoms with E-state index in [2.05, 4.69) is 46.7 Å². The molecule has 0 radical (unpaired) electrons. The molecule has 2 aliphatic rings. The normalized spacial score (nSPS) is 27.0. The number of piperidine rings is 1. The molecule has 120 valence electrons. The molecule has 2 heterocycles. The van der Waals surface area contributed by atoms with E-state index in [1.807, 2.05) is 6.92 Å². The highest BCUT2D eigenvalue weighted by Crippen LogP contribution is 2.20. The lowest BCUT2D eigenvalue weighted by molar-refractivity contribution is -0.127. The van der Waals surface area contributed by atoms with Gasteiger partial charge in [0.05, 0.1) is 6.04 Å². The SMILES string of the molecule is CC1CCNCC1NC(=O)C(C)N1CCc2ccccc2C1. The molecule has 3 unspecified atom stereocenters. The van der Waals surface area contributed by atoms with Gasteiger partial charge in [-0.2, -0.15) is 0 Å². The molecule has 4 heteroatoms. The van der Waals surface area contributed by atoms with Crippen molar-refractivity contribution < 1.29 is 4.79 Å². The van der Waals surface area contributed by atoms with Crippen molar-refractivity contribution in [1.82, 2.24) is 15.5 Å². The minimum absolute atomic E-state index is 0.0671. The third kappa shape index (κ3) is 3.33. The quantitative estimate of drug-likeness (QED) is 0.890. The maximum Gasteiger partial charge on any atom is 0.237 e. The minimum atomic E-state index is -0.0671. The van der Waals surface area contributed by atoms with E-state index < -0.39 is 0 Å². The Labute approximate surface area is 133 Å². The molecule has 3 rings (SSSR count). The Morgan fingerprint density at radius 2 is 2.14 bits per heavy atom. The van der Waals surface area contributed by atoms with E-state index in [9.17, 15) is 4.79 Å². The molecule has 3 atom stereocenters. The highest BCUT2D eigenvalue weighted by molar-refractivity contribution is 5.81. The van der Waals surface area contributed by atoms with E-state index in [1.54, 1.807) is 0 Å². The summed E-state index contributed by atoms with van der Waals surface area (Å²) in [6.45, 7) is 8.06. The van der Waals surface area contributed by atoms with Crippen LogP contribution in [-0.2, 0) is 17.8 Å². The number of rotatable bonds is 3. The number of hydrogen-bond donors (Lipinski definition) is 2. The number of hydrogen-bond acceptors (Lipinski definition) is 3. The summed E-state index contributed by atoms with van der Waals surface area (Å²) < 4.78 is 0. The van der Waals surface area contributed by atoms with Crippen molar-refractivity contribution in [3.63, 3.8) is 0 Å². The molecule has 4 nitrogen and oxygen atoms in total. The molecule has 2 aliphatic heterocycles. The van der Waals surface area contributed by atoms with Crippen LogP contribution in [0.15, 0.2) is 24.3 Å². The topological polar surface area (TPSA) is 44.4 Å². The van der Waals surface area contributed by atoms with E-state index in [0.717, 1.165) is 39.0 Å². The van der Waals surface area contributed by atoms with Crippen LogP contribution in [0.25, 0.3) is 0 Å². The first-order valence-electron chi connectivity index (χ1n) is 8.47. The zero-order valence-corrected chi connectivity index (χ0v) is 13.6. The van der Waals surface area contributed by atoms with Gasteiger partial charge in [-0.05, 0) is 43.4 Å². The first-order valence-corrected chi connectivity index (χ1v) is 8.47. The van der Waals surface area contributed by atoms with Crippen molar-refractivity contribution in [2.75, 3.05) is 19.6 Å². The van der Waals surface area contributed by atoms with E-state index >= 15 is 0 Å². The van der Waals surface area contributed by atoms with Gasteiger partial charge in [-0.3, -0.25) is 9.69 Å². The second-order valence-corrected chi connectivity index (χ2v) is 6.75. The van der Waals surface area contributed by atoms with E-state index in [0.29, 0.717) is 5.92 Å². The lowest BCUT2D eigenvalue weighted by Gasteiger charge is -2.35. The molecular formula is C18H27N3O. The predicted molar refractivity (Wildman–Crippen MR) is 88.6 cm³/mol. The van der Waals surface area contributed by atoms with Crippen LogP contribution in [0.3, 0.4) is 0 Å².